The summed E-state index contributed by atoms with van der Waals surface area (Å²) in [7, 11) is 2.01. The van der Waals surface area contributed by atoms with Crippen LogP contribution in [0.15, 0.2) is 24.3 Å². The van der Waals surface area contributed by atoms with Gasteiger partial charge in [-0.2, -0.15) is 0 Å². The normalized spacial score (nSPS) is 23.7. The molecule has 28 heteroatoms. The van der Waals surface area contributed by atoms with Gasteiger partial charge in [-0.3, -0.25) is 58.1 Å². The Morgan fingerprint density at radius 1 is 0.792 bits per heavy atom. The summed E-state index contributed by atoms with van der Waals surface area (Å²) in [5.74, 6) is -10.9. The van der Waals surface area contributed by atoms with Gasteiger partial charge in [0.05, 0.1) is 19.0 Å². The molecule has 0 unspecified atom stereocenters. The van der Waals surface area contributed by atoms with Crippen LogP contribution < -0.4 is 65.5 Å². The van der Waals surface area contributed by atoms with E-state index >= 15 is 0 Å². The molecular weight excluding hydrogens is 983 g/mol. The first kappa shape index (κ1) is 59.6. The van der Waals surface area contributed by atoms with Crippen LogP contribution in [0.25, 0.3) is 0 Å². The van der Waals surface area contributed by atoms with Gasteiger partial charge in [0, 0.05) is 30.9 Å². The average Bonchev–Trinajstić information content (AvgIpc) is 3.81. The van der Waals surface area contributed by atoms with Crippen molar-refractivity contribution in [2.75, 3.05) is 24.6 Å². The molecule has 0 aliphatic carbocycles. The number of carbonyl (C=O) groups is 12. The highest BCUT2D eigenvalue weighted by atomic mass is 33.1. The van der Waals surface area contributed by atoms with Gasteiger partial charge in [-0.1, -0.05) is 67.8 Å². The first-order valence-corrected chi connectivity index (χ1v) is 25.7. The van der Waals surface area contributed by atoms with Crippen molar-refractivity contribution < 1.29 is 62.6 Å². The second-order valence-electron chi connectivity index (χ2n) is 17.8. The molecule has 2 aliphatic heterocycles. The predicted molar refractivity (Wildman–Crippen MR) is 263 cm³/mol. The molecule has 2 fully saturated rings. The summed E-state index contributed by atoms with van der Waals surface area (Å²) in [6.45, 7) is 6.32. The summed E-state index contributed by atoms with van der Waals surface area (Å²) in [4.78, 5) is 160. The number of hydrogen-bond acceptors (Lipinski definition) is 16. The number of nitrogens with one attached hydrogen (secondary N) is 8. The maximum Gasteiger partial charge on any atom is 0.318 e. The lowest BCUT2D eigenvalue weighted by Crippen LogP contribution is -2.61. The molecule has 2 aliphatic rings. The Labute approximate surface area is 423 Å². The van der Waals surface area contributed by atoms with Crippen molar-refractivity contribution >= 4 is 92.6 Å². The van der Waals surface area contributed by atoms with Gasteiger partial charge in [0.25, 0.3) is 0 Å². The van der Waals surface area contributed by atoms with Crippen LogP contribution in [0.2, 0.25) is 0 Å². The topological polar surface area (TPSA) is 429 Å². The van der Waals surface area contributed by atoms with Gasteiger partial charge in [-0.15, -0.1) is 0 Å². The number of phenols is 1. The van der Waals surface area contributed by atoms with Crippen molar-refractivity contribution in [2.24, 2.45) is 34.8 Å². The molecule has 9 atom stereocenters. The van der Waals surface area contributed by atoms with Crippen LogP contribution in [-0.4, -0.2) is 154 Å². The van der Waals surface area contributed by atoms with E-state index in [9.17, 15) is 62.6 Å². The monoisotopic (exact) mass is 1050 g/mol. The minimum Gasteiger partial charge on any atom is -0.508 e. The summed E-state index contributed by atoms with van der Waals surface area (Å²) < 4.78 is 0. The maximum absolute atomic E-state index is 14.5. The van der Waals surface area contributed by atoms with Gasteiger partial charge in [-0.05, 0) is 55.2 Å². The number of imide groups is 1. The molecular formula is C44H67N13O13S2. The number of nitrogens with two attached hydrogens (primary N) is 4. The predicted octanol–water partition coefficient (Wildman–Crippen LogP) is -3.90. The van der Waals surface area contributed by atoms with E-state index in [0.29, 0.717) is 18.4 Å². The van der Waals surface area contributed by atoms with Gasteiger partial charge in [-0.25, -0.2) is 4.79 Å². The van der Waals surface area contributed by atoms with Crippen molar-refractivity contribution in [1.82, 2.24) is 47.4 Å². The molecule has 0 bridgehead atoms. The van der Waals surface area contributed by atoms with Crippen molar-refractivity contribution in [2.45, 2.75) is 127 Å². The fourth-order valence-electron chi connectivity index (χ4n) is 7.52. The van der Waals surface area contributed by atoms with E-state index in [1.807, 2.05) is 5.32 Å². The third kappa shape index (κ3) is 19.5. The van der Waals surface area contributed by atoms with E-state index < -0.39 is 151 Å². The zero-order valence-electron chi connectivity index (χ0n) is 40.5. The first-order chi connectivity index (χ1) is 33.9. The SMILES string of the molecule is CC[C@H](C)[C@@H]1NC(=O)[C@H](Cc2ccc(O)cc2)NC(=O)[C@@H](N)CSSC[C@@H](C(=O)N2CCC[C@H]2C(=O)N[C@@H](CC(C)C)C(=O)NCC(=O)NC(N)=O)NC(=O)[C@H](CC(N)=O)NC(=O)[C@H](CCC(N)=O)NC1=O. The van der Waals surface area contributed by atoms with Crippen molar-refractivity contribution in [3.63, 3.8) is 0 Å². The zero-order valence-corrected chi connectivity index (χ0v) is 42.1. The third-order valence-electron chi connectivity index (χ3n) is 11.5. The number of carbonyl (C=O) groups excluding carboxylic acids is 12. The van der Waals surface area contributed by atoms with Gasteiger partial charge < -0.3 is 70.2 Å². The Bertz CT molecular complexity index is 2170. The number of hydrogen-bond donors (Lipinski definition) is 13. The molecule has 0 radical (unpaired) electrons. The molecule has 1 aromatic rings. The molecule has 2 saturated heterocycles. The molecule has 0 spiro atoms. The molecule has 3 rings (SSSR count). The zero-order chi connectivity index (χ0) is 53.8. The molecule has 17 N–H and O–H groups in total. The molecule has 0 saturated carbocycles. The van der Waals surface area contributed by atoms with Crippen molar-refractivity contribution in [3.05, 3.63) is 29.8 Å². The van der Waals surface area contributed by atoms with Crippen LogP contribution in [0, 0.1) is 11.8 Å². The van der Waals surface area contributed by atoms with Gasteiger partial charge >= 0.3 is 6.03 Å². The third-order valence-corrected chi connectivity index (χ3v) is 14.0. The number of rotatable bonds is 17. The van der Waals surface area contributed by atoms with E-state index in [0.717, 1.165) is 21.6 Å². The molecule has 13 amide bonds. The van der Waals surface area contributed by atoms with Gasteiger partial charge in [0.15, 0.2) is 0 Å². The molecule has 26 nitrogen and oxygen atoms in total. The van der Waals surface area contributed by atoms with Crippen LogP contribution in [0.3, 0.4) is 0 Å². The lowest BCUT2D eigenvalue weighted by atomic mass is 9.96. The molecule has 0 aromatic heterocycles. The van der Waals surface area contributed by atoms with E-state index in [1.54, 1.807) is 27.7 Å². The highest BCUT2D eigenvalue weighted by Gasteiger charge is 2.41. The number of likely N-dealkylation sites (tertiary alicyclic amines) is 1. The molecule has 398 valence electrons. The summed E-state index contributed by atoms with van der Waals surface area (Å²) in [5, 5.41) is 29.4. The quantitative estimate of drug-likeness (QED) is 0.0664. The Kier molecular flexibility index (Phi) is 24.0. The summed E-state index contributed by atoms with van der Waals surface area (Å²) >= 11 is 0. The Balaban J connectivity index is 2.03. The fourth-order valence-corrected chi connectivity index (χ4v) is 9.80. The molecule has 72 heavy (non-hydrogen) atoms. The first-order valence-electron chi connectivity index (χ1n) is 23.2. The number of phenolic OH excluding ortho intramolecular Hbond substituents is 1. The Morgan fingerprint density at radius 3 is 2.01 bits per heavy atom. The largest absolute Gasteiger partial charge is 0.508 e. The van der Waals surface area contributed by atoms with Crippen LogP contribution >= 0.6 is 21.6 Å². The Morgan fingerprint density at radius 2 is 1.40 bits per heavy atom. The average molecular weight is 1050 g/mol. The second kappa shape index (κ2) is 29.0. The van der Waals surface area contributed by atoms with Crippen LogP contribution in [0.1, 0.15) is 78.2 Å². The number of aromatic hydroxyl groups is 1. The standard InChI is InChI=1S/C44H67N13O13S2/c1-5-22(4)35-42(68)50-26(12-13-32(46)59)38(64)52-29(17-33(47)60)39(65)54-30(20-72-71-19-25(45)36(62)51-28(40(66)56-35)16-23-8-10-24(58)11-9-23)43(69)57-14-6-7-31(57)41(67)53-27(15-21(2)3)37(63)49-18-34(61)55-44(48)70/h8-11,21-22,25-31,35,58H,5-7,12-20,45H2,1-4H3,(H2,46,59)(H2,47,60)(H,49,63)(H,50,68)(H,51,62)(H,52,64)(H,53,67)(H,54,65)(H,56,66)(H3,48,55,61,70)/t22-,25-,26-,27-,28-,29-,30-,31-,35-/m0/s1. The van der Waals surface area contributed by atoms with E-state index in [1.165, 1.54) is 29.2 Å². The molecule has 2 heterocycles. The maximum atomic E-state index is 14.5. The van der Waals surface area contributed by atoms with Crippen molar-refractivity contribution in [1.29, 1.82) is 0 Å². The number of primary amides is 3. The van der Waals surface area contributed by atoms with Crippen LogP contribution in [0.4, 0.5) is 4.79 Å². The van der Waals surface area contributed by atoms with E-state index in [4.69, 9.17) is 22.9 Å². The van der Waals surface area contributed by atoms with Gasteiger partial charge in [0.2, 0.25) is 65.0 Å². The molecule has 1 aromatic carbocycles. The highest BCUT2D eigenvalue weighted by molar-refractivity contribution is 8.76. The van der Waals surface area contributed by atoms with Gasteiger partial charge in [0.1, 0.15) is 48.0 Å². The van der Waals surface area contributed by atoms with Crippen molar-refractivity contribution in [3.8, 4) is 5.75 Å². The lowest BCUT2D eigenvalue weighted by Gasteiger charge is -2.31. The summed E-state index contributed by atoms with van der Waals surface area (Å²) in [5.41, 5.74) is 22.7. The minimum absolute atomic E-state index is 0.0136. The smallest absolute Gasteiger partial charge is 0.318 e. The van der Waals surface area contributed by atoms with E-state index in [-0.39, 0.29) is 49.0 Å². The second-order valence-corrected chi connectivity index (χ2v) is 20.4. The fraction of sp³-hybridized carbons (Fsp3) is 0.591. The Hall–Kier alpha value is -6.68. The minimum atomic E-state index is -1.78. The number of nitrogens with zero attached hydrogens (tertiary/aromatic N) is 1. The number of urea groups is 1. The van der Waals surface area contributed by atoms with E-state index in [2.05, 4.69) is 37.2 Å². The number of benzene rings is 1. The highest BCUT2D eigenvalue weighted by Crippen LogP contribution is 2.26. The van der Waals surface area contributed by atoms with Crippen LogP contribution in [-0.2, 0) is 59.2 Å². The summed E-state index contributed by atoms with van der Waals surface area (Å²) in [6.07, 6.45) is -0.912. The lowest BCUT2D eigenvalue weighted by molar-refractivity contribution is -0.142. The number of amides is 13. The summed E-state index contributed by atoms with van der Waals surface area (Å²) in [6, 6.07) is -6.48. The van der Waals surface area contributed by atoms with Crippen LogP contribution in [0.5, 0.6) is 5.75 Å².